The summed E-state index contributed by atoms with van der Waals surface area (Å²) in [7, 11) is 0. The summed E-state index contributed by atoms with van der Waals surface area (Å²) in [5.41, 5.74) is 6.43. The molecule has 0 aliphatic carbocycles. The summed E-state index contributed by atoms with van der Waals surface area (Å²) < 4.78 is 0. The van der Waals surface area contributed by atoms with Gasteiger partial charge in [-0.2, -0.15) is 0 Å². The van der Waals surface area contributed by atoms with E-state index >= 15 is 0 Å². The first kappa shape index (κ1) is 17.2. The summed E-state index contributed by atoms with van der Waals surface area (Å²) in [4.78, 5) is 37.0. The number of hydrogen-bond donors (Lipinski definition) is 1. The van der Waals surface area contributed by atoms with E-state index in [0.29, 0.717) is 5.69 Å². The maximum atomic E-state index is 12.4. The third-order valence-electron chi connectivity index (χ3n) is 4.51. The first-order valence-electron chi connectivity index (χ1n) is 7.89. The van der Waals surface area contributed by atoms with Crippen molar-refractivity contribution in [3.63, 3.8) is 0 Å². The van der Waals surface area contributed by atoms with Crippen molar-refractivity contribution >= 4 is 23.4 Å². The Labute approximate surface area is 136 Å². The molecule has 2 rings (SSSR count). The molecule has 1 aliphatic rings. The maximum Gasteiger partial charge on any atom is 0.237 e. The van der Waals surface area contributed by atoms with Gasteiger partial charge in [-0.25, -0.2) is 0 Å². The summed E-state index contributed by atoms with van der Waals surface area (Å²) in [6.45, 7) is 7.78. The van der Waals surface area contributed by atoms with Gasteiger partial charge in [0.05, 0.1) is 11.6 Å². The molecule has 3 amide bonds. The SMILES string of the molecule is CC(C)C1CC(=O)N(c2ccc(C(C)(C)CC(N)=O)cc2)C1=O. The molecular weight excluding hydrogens is 292 g/mol. The molecule has 1 unspecified atom stereocenters. The Hall–Kier alpha value is -2.17. The number of imide groups is 1. The molecule has 1 aliphatic heterocycles. The van der Waals surface area contributed by atoms with Crippen molar-refractivity contribution in [3.8, 4) is 0 Å². The molecule has 2 N–H and O–H groups in total. The highest BCUT2D eigenvalue weighted by Crippen LogP contribution is 2.33. The van der Waals surface area contributed by atoms with Gasteiger partial charge in [0.1, 0.15) is 0 Å². The van der Waals surface area contributed by atoms with Gasteiger partial charge in [-0.05, 0) is 29.0 Å². The van der Waals surface area contributed by atoms with Crippen molar-refractivity contribution in [2.75, 3.05) is 4.90 Å². The number of primary amides is 1. The molecule has 5 nitrogen and oxygen atoms in total. The average Bonchev–Trinajstić information content (AvgIpc) is 2.73. The van der Waals surface area contributed by atoms with Crippen LogP contribution in [0.5, 0.6) is 0 Å². The monoisotopic (exact) mass is 316 g/mol. The van der Waals surface area contributed by atoms with Crippen LogP contribution in [-0.2, 0) is 19.8 Å². The molecule has 1 saturated heterocycles. The Morgan fingerprint density at radius 3 is 2.26 bits per heavy atom. The van der Waals surface area contributed by atoms with E-state index in [1.807, 2.05) is 39.8 Å². The minimum Gasteiger partial charge on any atom is -0.370 e. The lowest BCUT2D eigenvalue weighted by Crippen LogP contribution is -2.31. The van der Waals surface area contributed by atoms with Gasteiger partial charge in [-0.3, -0.25) is 19.3 Å². The lowest BCUT2D eigenvalue weighted by molar-refractivity contribution is -0.123. The van der Waals surface area contributed by atoms with Crippen LogP contribution in [0.15, 0.2) is 24.3 Å². The fourth-order valence-electron chi connectivity index (χ4n) is 3.05. The van der Waals surface area contributed by atoms with Crippen molar-refractivity contribution < 1.29 is 14.4 Å². The van der Waals surface area contributed by atoms with Gasteiger partial charge in [0.15, 0.2) is 0 Å². The van der Waals surface area contributed by atoms with E-state index in [-0.39, 0.29) is 47.8 Å². The van der Waals surface area contributed by atoms with Gasteiger partial charge in [0, 0.05) is 12.8 Å². The number of nitrogens with two attached hydrogens (primary N) is 1. The normalized spacial score (nSPS) is 18.8. The van der Waals surface area contributed by atoms with Crippen LogP contribution in [0, 0.1) is 11.8 Å². The van der Waals surface area contributed by atoms with E-state index in [1.165, 1.54) is 4.90 Å². The van der Waals surface area contributed by atoms with Crippen LogP contribution >= 0.6 is 0 Å². The average molecular weight is 316 g/mol. The predicted octanol–water partition coefficient (Wildman–Crippen LogP) is 2.38. The van der Waals surface area contributed by atoms with Crippen LogP contribution in [0.4, 0.5) is 5.69 Å². The third-order valence-corrected chi connectivity index (χ3v) is 4.51. The zero-order valence-electron chi connectivity index (χ0n) is 14.1. The van der Waals surface area contributed by atoms with Crippen LogP contribution in [-0.4, -0.2) is 17.7 Å². The molecule has 0 radical (unpaired) electrons. The van der Waals surface area contributed by atoms with Crippen molar-refractivity contribution in [2.24, 2.45) is 17.6 Å². The number of anilines is 1. The highest BCUT2D eigenvalue weighted by Gasteiger charge is 2.40. The predicted molar refractivity (Wildman–Crippen MR) is 88.7 cm³/mol. The second-order valence-electron chi connectivity index (χ2n) is 7.20. The van der Waals surface area contributed by atoms with Gasteiger partial charge in [-0.15, -0.1) is 0 Å². The summed E-state index contributed by atoms with van der Waals surface area (Å²) in [6, 6.07) is 7.22. The molecule has 23 heavy (non-hydrogen) atoms. The largest absolute Gasteiger partial charge is 0.370 e. The number of benzene rings is 1. The van der Waals surface area contributed by atoms with E-state index in [1.54, 1.807) is 12.1 Å². The van der Waals surface area contributed by atoms with Crippen molar-refractivity contribution in [1.29, 1.82) is 0 Å². The molecule has 124 valence electrons. The first-order chi connectivity index (χ1) is 10.6. The summed E-state index contributed by atoms with van der Waals surface area (Å²) >= 11 is 0. The van der Waals surface area contributed by atoms with Gasteiger partial charge in [0.25, 0.3) is 0 Å². The lowest BCUT2D eigenvalue weighted by Gasteiger charge is -2.24. The topological polar surface area (TPSA) is 80.5 Å². The van der Waals surface area contributed by atoms with Crippen LogP contribution < -0.4 is 10.6 Å². The first-order valence-corrected chi connectivity index (χ1v) is 7.89. The van der Waals surface area contributed by atoms with E-state index < -0.39 is 0 Å². The minimum absolute atomic E-state index is 0.130. The number of rotatable bonds is 5. The lowest BCUT2D eigenvalue weighted by atomic mass is 9.81. The van der Waals surface area contributed by atoms with E-state index in [0.717, 1.165) is 5.56 Å². The number of carbonyl (C=O) groups excluding carboxylic acids is 3. The minimum atomic E-state index is -0.385. The van der Waals surface area contributed by atoms with Crippen molar-refractivity contribution in [1.82, 2.24) is 0 Å². The molecule has 1 aromatic rings. The van der Waals surface area contributed by atoms with Crippen molar-refractivity contribution in [3.05, 3.63) is 29.8 Å². The van der Waals surface area contributed by atoms with Crippen LogP contribution in [0.25, 0.3) is 0 Å². The zero-order chi connectivity index (χ0) is 17.4. The Kier molecular flexibility index (Phi) is 4.59. The third kappa shape index (κ3) is 3.44. The van der Waals surface area contributed by atoms with Crippen molar-refractivity contribution in [2.45, 2.75) is 46.0 Å². The van der Waals surface area contributed by atoms with E-state index in [2.05, 4.69) is 0 Å². The van der Waals surface area contributed by atoms with E-state index in [4.69, 9.17) is 5.73 Å². The number of amides is 3. The molecule has 0 bridgehead atoms. The molecule has 1 aromatic carbocycles. The molecular formula is C18H24N2O3. The summed E-state index contributed by atoms with van der Waals surface area (Å²) in [5.74, 6) is -0.741. The highest BCUT2D eigenvalue weighted by molar-refractivity contribution is 6.21. The number of nitrogens with zero attached hydrogens (tertiary/aromatic N) is 1. The van der Waals surface area contributed by atoms with Gasteiger partial charge in [0.2, 0.25) is 17.7 Å². The summed E-state index contributed by atoms with van der Waals surface area (Å²) in [6.07, 6.45) is 0.509. The quantitative estimate of drug-likeness (QED) is 0.847. The molecule has 5 heteroatoms. The Bertz CT molecular complexity index is 632. The maximum absolute atomic E-state index is 12.4. The standard InChI is InChI=1S/C18H24N2O3/c1-11(2)14-9-16(22)20(17(14)23)13-7-5-12(6-8-13)18(3,4)10-15(19)21/h5-8,11,14H,9-10H2,1-4H3,(H2,19,21). The highest BCUT2D eigenvalue weighted by atomic mass is 16.2. The number of hydrogen-bond acceptors (Lipinski definition) is 3. The fraction of sp³-hybridized carbons (Fsp3) is 0.500. The van der Waals surface area contributed by atoms with Crippen LogP contribution in [0.3, 0.4) is 0 Å². The van der Waals surface area contributed by atoms with Crippen LogP contribution in [0.2, 0.25) is 0 Å². The van der Waals surface area contributed by atoms with Gasteiger partial charge < -0.3 is 5.73 Å². The van der Waals surface area contributed by atoms with Gasteiger partial charge >= 0.3 is 0 Å². The zero-order valence-corrected chi connectivity index (χ0v) is 14.1. The van der Waals surface area contributed by atoms with E-state index in [9.17, 15) is 14.4 Å². The molecule has 0 saturated carbocycles. The molecule has 0 aromatic heterocycles. The second kappa shape index (κ2) is 6.14. The molecule has 1 atom stereocenters. The molecule has 1 fully saturated rings. The van der Waals surface area contributed by atoms with Crippen LogP contribution in [0.1, 0.15) is 46.1 Å². The summed E-state index contributed by atoms with van der Waals surface area (Å²) in [5, 5.41) is 0. The fourth-order valence-corrected chi connectivity index (χ4v) is 3.05. The van der Waals surface area contributed by atoms with Gasteiger partial charge in [-0.1, -0.05) is 39.8 Å². The Morgan fingerprint density at radius 1 is 1.26 bits per heavy atom. The molecule has 0 spiro atoms. The number of carbonyl (C=O) groups is 3. The Balaban J connectivity index is 2.25. The Morgan fingerprint density at radius 2 is 1.83 bits per heavy atom. The smallest absolute Gasteiger partial charge is 0.237 e. The second-order valence-corrected chi connectivity index (χ2v) is 7.20. The molecule has 1 heterocycles.